The van der Waals surface area contributed by atoms with Gasteiger partial charge in [-0.15, -0.1) is 0 Å². The standard InChI is InChI=1S/C29H33FN4O5/c1-15(2)33-28(37)17-5-6-21(30)20(11-17)23-8-7-22(31)27(34-23)24(35)12-18-14-32-10-9-19(18)25-13-26(36)29(4,38)16(3)39-25/h5-11,14-16,25-26,36,38H,12-13,31H2,1-4H3,(H,33,37)/t16-,25-,26-,29-/m1/s1. The summed E-state index contributed by atoms with van der Waals surface area (Å²) in [7, 11) is 0. The van der Waals surface area contributed by atoms with E-state index in [9.17, 15) is 24.2 Å². The number of nitrogens with two attached hydrogens (primary N) is 1. The van der Waals surface area contributed by atoms with Gasteiger partial charge in [0.2, 0.25) is 0 Å². The van der Waals surface area contributed by atoms with Crippen LogP contribution in [0.3, 0.4) is 0 Å². The maximum Gasteiger partial charge on any atom is 0.251 e. The Morgan fingerprint density at radius 1 is 1.26 bits per heavy atom. The van der Waals surface area contributed by atoms with Crippen LogP contribution in [0.2, 0.25) is 0 Å². The second-order valence-corrected chi connectivity index (χ2v) is 10.4. The number of aliphatic hydroxyl groups is 2. The molecule has 0 unspecified atom stereocenters. The Labute approximate surface area is 226 Å². The zero-order valence-corrected chi connectivity index (χ0v) is 22.3. The van der Waals surface area contributed by atoms with E-state index < -0.39 is 35.5 Å². The molecule has 1 aromatic carbocycles. The monoisotopic (exact) mass is 536 g/mol. The summed E-state index contributed by atoms with van der Waals surface area (Å²) in [4.78, 5) is 34.4. The second-order valence-electron chi connectivity index (χ2n) is 10.4. The van der Waals surface area contributed by atoms with Crippen LogP contribution in [-0.4, -0.2) is 55.7 Å². The molecule has 1 amide bonds. The van der Waals surface area contributed by atoms with Crippen LogP contribution in [0, 0.1) is 5.82 Å². The highest BCUT2D eigenvalue weighted by Crippen LogP contribution is 2.38. The molecule has 0 spiro atoms. The number of amides is 1. The lowest BCUT2D eigenvalue weighted by Gasteiger charge is -2.43. The fraction of sp³-hybridized carbons (Fsp3) is 0.379. The number of anilines is 1. The van der Waals surface area contributed by atoms with Crippen molar-refractivity contribution in [1.82, 2.24) is 15.3 Å². The lowest BCUT2D eigenvalue weighted by molar-refractivity contribution is -0.215. The number of pyridine rings is 2. The van der Waals surface area contributed by atoms with E-state index in [1.54, 1.807) is 19.2 Å². The van der Waals surface area contributed by atoms with Crippen LogP contribution in [0.4, 0.5) is 10.1 Å². The van der Waals surface area contributed by atoms with E-state index in [1.165, 1.54) is 43.5 Å². The molecule has 0 aliphatic carbocycles. The van der Waals surface area contributed by atoms with Crippen molar-refractivity contribution in [2.24, 2.45) is 0 Å². The van der Waals surface area contributed by atoms with Gasteiger partial charge in [0.05, 0.1) is 29.7 Å². The third-order valence-corrected chi connectivity index (χ3v) is 7.06. The van der Waals surface area contributed by atoms with Crippen molar-refractivity contribution in [3.63, 3.8) is 0 Å². The largest absolute Gasteiger partial charge is 0.397 e. The van der Waals surface area contributed by atoms with Gasteiger partial charge in [-0.05, 0) is 75.2 Å². The SMILES string of the molecule is CC(C)NC(=O)c1ccc(F)c(-c2ccc(N)c(C(=O)Cc3cnccc3[C@H]3C[C@@H](O)[C@](C)(O)[C@@H](C)O3)n2)c1. The lowest BCUT2D eigenvalue weighted by atomic mass is 9.84. The molecule has 0 saturated carbocycles. The van der Waals surface area contributed by atoms with E-state index >= 15 is 0 Å². The summed E-state index contributed by atoms with van der Waals surface area (Å²) in [5.41, 5.74) is 6.47. The Bertz CT molecular complexity index is 1380. The molecule has 0 radical (unpaired) electrons. The minimum absolute atomic E-state index is 0.0420. The highest BCUT2D eigenvalue weighted by molar-refractivity contribution is 6.01. The van der Waals surface area contributed by atoms with Crippen molar-refractivity contribution in [2.45, 2.75) is 70.5 Å². The van der Waals surface area contributed by atoms with Crippen molar-refractivity contribution in [3.05, 3.63) is 77.0 Å². The maximum atomic E-state index is 14.8. The number of nitrogen functional groups attached to an aromatic ring is 1. The minimum Gasteiger partial charge on any atom is -0.397 e. The van der Waals surface area contributed by atoms with Crippen molar-refractivity contribution in [2.75, 3.05) is 5.73 Å². The fourth-order valence-electron chi connectivity index (χ4n) is 4.56. The van der Waals surface area contributed by atoms with Crippen LogP contribution < -0.4 is 11.1 Å². The number of halogens is 1. The molecule has 3 aromatic rings. The zero-order chi connectivity index (χ0) is 28.5. The molecule has 5 N–H and O–H groups in total. The molecule has 4 rings (SSSR count). The summed E-state index contributed by atoms with van der Waals surface area (Å²) in [6.45, 7) is 6.84. The first kappa shape index (κ1) is 28.3. The van der Waals surface area contributed by atoms with Crippen LogP contribution in [0.5, 0.6) is 0 Å². The zero-order valence-electron chi connectivity index (χ0n) is 22.3. The van der Waals surface area contributed by atoms with E-state index in [2.05, 4.69) is 15.3 Å². The molecule has 9 nitrogen and oxygen atoms in total. The van der Waals surface area contributed by atoms with Gasteiger partial charge in [-0.2, -0.15) is 0 Å². The Kier molecular flexibility index (Phi) is 8.10. The van der Waals surface area contributed by atoms with E-state index in [1.807, 2.05) is 13.8 Å². The second kappa shape index (κ2) is 11.2. The van der Waals surface area contributed by atoms with Crippen LogP contribution in [0.1, 0.15) is 72.2 Å². The number of aromatic nitrogens is 2. The number of carbonyl (C=O) groups excluding carboxylic acids is 2. The van der Waals surface area contributed by atoms with Crippen molar-refractivity contribution in [1.29, 1.82) is 0 Å². The number of benzene rings is 1. The lowest BCUT2D eigenvalue weighted by Crippen LogP contribution is -2.54. The summed E-state index contributed by atoms with van der Waals surface area (Å²) >= 11 is 0. The normalized spacial score (nSPS) is 23.0. The van der Waals surface area contributed by atoms with Gasteiger partial charge in [0.1, 0.15) is 17.1 Å². The smallest absolute Gasteiger partial charge is 0.251 e. The van der Waals surface area contributed by atoms with E-state index in [0.29, 0.717) is 11.1 Å². The number of ketones is 1. The number of hydrogen-bond donors (Lipinski definition) is 4. The number of aliphatic hydroxyl groups excluding tert-OH is 1. The Morgan fingerprint density at radius 3 is 2.69 bits per heavy atom. The Morgan fingerprint density at radius 2 is 2.00 bits per heavy atom. The molecule has 1 aliphatic heterocycles. The van der Waals surface area contributed by atoms with Crippen molar-refractivity contribution in [3.8, 4) is 11.3 Å². The molecule has 4 atom stereocenters. The van der Waals surface area contributed by atoms with E-state index in [0.717, 1.165) is 0 Å². The van der Waals surface area contributed by atoms with Crippen LogP contribution in [-0.2, 0) is 11.2 Å². The number of ether oxygens (including phenoxy) is 1. The minimum atomic E-state index is -1.40. The number of rotatable bonds is 7. The quantitative estimate of drug-likeness (QED) is 0.336. The van der Waals surface area contributed by atoms with Gasteiger partial charge < -0.3 is 26.0 Å². The van der Waals surface area contributed by atoms with Crippen LogP contribution in [0.15, 0.2) is 48.8 Å². The number of carbonyl (C=O) groups is 2. The molecule has 1 saturated heterocycles. The van der Waals surface area contributed by atoms with Gasteiger partial charge in [0, 0.05) is 42.4 Å². The van der Waals surface area contributed by atoms with E-state index in [-0.39, 0.29) is 53.0 Å². The summed E-state index contributed by atoms with van der Waals surface area (Å²) in [5.74, 6) is -1.37. The van der Waals surface area contributed by atoms with Gasteiger partial charge in [-0.1, -0.05) is 0 Å². The molecule has 1 fully saturated rings. The predicted molar refractivity (Wildman–Crippen MR) is 143 cm³/mol. The molecule has 0 bridgehead atoms. The summed E-state index contributed by atoms with van der Waals surface area (Å²) in [6.07, 6.45) is 0.885. The average Bonchev–Trinajstić information content (AvgIpc) is 2.88. The highest BCUT2D eigenvalue weighted by atomic mass is 19.1. The third kappa shape index (κ3) is 5.98. The van der Waals surface area contributed by atoms with Crippen molar-refractivity contribution < 1.29 is 28.9 Å². The number of Topliss-reactive ketones (excluding diaryl/α,β-unsaturated/α-hetero) is 1. The molecule has 1 aliphatic rings. The fourth-order valence-corrected chi connectivity index (χ4v) is 4.56. The molecular formula is C29H33FN4O5. The summed E-state index contributed by atoms with van der Waals surface area (Å²) in [6, 6.07) is 8.54. The topological polar surface area (TPSA) is 148 Å². The van der Waals surface area contributed by atoms with Gasteiger partial charge in [-0.3, -0.25) is 14.6 Å². The maximum absolute atomic E-state index is 14.8. The highest BCUT2D eigenvalue weighted by Gasteiger charge is 2.44. The molecule has 206 valence electrons. The average molecular weight is 537 g/mol. The molecule has 3 heterocycles. The molecule has 2 aromatic heterocycles. The summed E-state index contributed by atoms with van der Waals surface area (Å²) < 4.78 is 20.8. The van der Waals surface area contributed by atoms with Crippen LogP contribution >= 0.6 is 0 Å². The van der Waals surface area contributed by atoms with Crippen molar-refractivity contribution >= 4 is 17.4 Å². The molecular weight excluding hydrogens is 503 g/mol. The van der Waals surface area contributed by atoms with Gasteiger partial charge in [0.25, 0.3) is 5.91 Å². The number of nitrogens with zero attached hydrogens (tertiary/aromatic N) is 2. The third-order valence-electron chi connectivity index (χ3n) is 7.06. The van der Waals surface area contributed by atoms with Gasteiger partial charge in [0.15, 0.2) is 5.78 Å². The van der Waals surface area contributed by atoms with Gasteiger partial charge in [-0.25, -0.2) is 9.37 Å². The van der Waals surface area contributed by atoms with E-state index in [4.69, 9.17) is 10.5 Å². The van der Waals surface area contributed by atoms with Gasteiger partial charge >= 0.3 is 0 Å². The molecule has 39 heavy (non-hydrogen) atoms. The number of hydrogen-bond acceptors (Lipinski definition) is 8. The first-order valence-corrected chi connectivity index (χ1v) is 12.8. The molecule has 10 heteroatoms. The Hall–Kier alpha value is -3.73. The summed E-state index contributed by atoms with van der Waals surface area (Å²) in [5, 5.41) is 23.7. The first-order valence-electron chi connectivity index (χ1n) is 12.8. The predicted octanol–water partition coefficient (Wildman–Crippen LogP) is 3.39. The first-order chi connectivity index (χ1) is 18.4. The Balaban J connectivity index is 1.62. The number of nitrogens with one attached hydrogen (secondary N) is 1. The van der Waals surface area contributed by atoms with Crippen LogP contribution in [0.25, 0.3) is 11.3 Å².